The number of benzene rings is 2. The normalized spacial score (nSPS) is 11.4. The molecule has 2 heterocycles. The van der Waals surface area contributed by atoms with Crippen molar-refractivity contribution >= 4 is 22.6 Å². The first-order valence-electron chi connectivity index (χ1n) is 11.9. The molecule has 0 bridgehead atoms. The van der Waals surface area contributed by atoms with Gasteiger partial charge in [-0.3, -0.25) is 4.79 Å². The molecule has 0 atom stereocenters. The predicted molar refractivity (Wildman–Crippen MR) is 142 cm³/mol. The average Bonchev–Trinajstić information content (AvgIpc) is 3.20. The number of hydrogen-bond acceptors (Lipinski definition) is 5. The Hall–Kier alpha value is -4.18. The molecule has 4 rings (SSSR count). The minimum Gasteiger partial charge on any atom is -0.483 e. The standard InChI is InChI=1S/C29H31N5O2/c1-17-8-9-24(23(12-17)29(5,6)7)36-16-26(35)33-28-21(14-30)15-31-34(28)25-13-19(3)22-11-18(2)10-20(4)27(22)32-25/h8-13,15H,16H2,1-7H3,(H,33,35). The summed E-state index contributed by atoms with van der Waals surface area (Å²) in [5.74, 6) is 1.06. The topological polar surface area (TPSA) is 92.8 Å². The molecule has 7 heteroatoms. The van der Waals surface area contributed by atoms with Crippen LogP contribution in [0.1, 0.15) is 54.2 Å². The predicted octanol–water partition coefficient (Wildman–Crippen LogP) is 5.84. The van der Waals surface area contributed by atoms with E-state index in [1.165, 1.54) is 16.4 Å². The van der Waals surface area contributed by atoms with Crippen molar-refractivity contribution in [1.82, 2.24) is 14.8 Å². The fraction of sp³-hybridized carbons (Fsp3) is 0.310. The van der Waals surface area contributed by atoms with Crippen LogP contribution in [0.25, 0.3) is 16.7 Å². The number of amides is 1. The Labute approximate surface area is 211 Å². The Morgan fingerprint density at radius 3 is 2.50 bits per heavy atom. The summed E-state index contributed by atoms with van der Waals surface area (Å²) in [4.78, 5) is 17.7. The lowest BCUT2D eigenvalue weighted by Crippen LogP contribution is -2.24. The number of nitrogens with one attached hydrogen (secondary N) is 1. The highest BCUT2D eigenvalue weighted by atomic mass is 16.5. The first kappa shape index (κ1) is 24.9. The van der Waals surface area contributed by atoms with Gasteiger partial charge in [-0.25, -0.2) is 4.98 Å². The summed E-state index contributed by atoms with van der Waals surface area (Å²) < 4.78 is 7.41. The lowest BCUT2D eigenvalue weighted by atomic mass is 9.85. The first-order valence-corrected chi connectivity index (χ1v) is 11.9. The van der Waals surface area contributed by atoms with Gasteiger partial charge in [0.25, 0.3) is 5.91 Å². The number of fused-ring (bicyclic) bond motifs is 1. The molecule has 1 N–H and O–H groups in total. The smallest absolute Gasteiger partial charge is 0.263 e. The van der Waals surface area contributed by atoms with Gasteiger partial charge < -0.3 is 10.1 Å². The second-order valence-electron chi connectivity index (χ2n) is 10.3. The van der Waals surface area contributed by atoms with Gasteiger partial charge in [0.05, 0.1) is 11.7 Å². The zero-order valence-corrected chi connectivity index (χ0v) is 21.9. The van der Waals surface area contributed by atoms with Crippen LogP contribution in [-0.4, -0.2) is 27.3 Å². The van der Waals surface area contributed by atoms with Gasteiger partial charge in [-0.05, 0) is 68.0 Å². The van der Waals surface area contributed by atoms with E-state index in [9.17, 15) is 10.1 Å². The third-order valence-corrected chi connectivity index (χ3v) is 6.11. The summed E-state index contributed by atoms with van der Waals surface area (Å²) >= 11 is 0. The van der Waals surface area contributed by atoms with Gasteiger partial charge in [0.15, 0.2) is 18.2 Å². The fourth-order valence-corrected chi connectivity index (χ4v) is 4.33. The van der Waals surface area contributed by atoms with Crippen LogP contribution in [0.3, 0.4) is 0 Å². The number of rotatable bonds is 5. The molecule has 0 saturated heterocycles. The molecule has 0 saturated carbocycles. The van der Waals surface area contributed by atoms with E-state index in [2.05, 4.69) is 62.4 Å². The minimum absolute atomic E-state index is 0.138. The Bertz CT molecular complexity index is 1520. The maximum Gasteiger partial charge on any atom is 0.263 e. The Kier molecular flexibility index (Phi) is 6.55. The SMILES string of the molecule is Cc1ccc(OCC(=O)Nc2c(C#N)cnn2-c2cc(C)c3cc(C)cc(C)c3n2)c(C(C)(C)C)c1. The van der Waals surface area contributed by atoms with E-state index in [0.717, 1.165) is 33.2 Å². The van der Waals surface area contributed by atoms with Gasteiger partial charge in [0.2, 0.25) is 0 Å². The third-order valence-electron chi connectivity index (χ3n) is 6.11. The van der Waals surface area contributed by atoms with E-state index >= 15 is 0 Å². The third kappa shape index (κ3) is 4.94. The summed E-state index contributed by atoms with van der Waals surface area (Å²) in [5, 5.41) is 17.9. The van der Waals surface area contributed by atoms with E-state index in [-0.39, 0.29) is 23.4 Å². The molecule has 0 aliphatic heterocycles. The summed E-state index contributed by atoms with van der Waals surface area (Å²) in [7, 11) is 0. The zero-order valence-electron chi connectivity index (χ0n) is 21.9. The molecule has 0 radical (unpaired) electrons. The molecule has 0 aliphatic rings. The van der Waals surface area contributed by atoms with Gasteiger partial charge in [-0.15, -0.1) is 0 Å². The first-order chi connectivity index (χ1) is 17.0. The van der Waals surface area contributed by atoms with Gasteiger partial charge in [-0.1, -0.05) is 50.1 Å². The number of nitriles is 1. The molecule has 4 aromatic rings. The van der Waals surface area contributed by atoms with Crippen molar-refractivity contribution in [3.63, 3.8) is 0 Å². The molecule has 0 unspecified atom stereocenters. The second kappa shape index (κ2) is 9.46. The molecular weight excluding hydrogens is 450 g/mol. The van der Waals surface area contributed by atoms with Crippen LogP contribution in [0.2, 0.25) is 0 Å². The maximum atomic E-state index is 12.9. The molecule has 184 valence electrons. The maximum absolute atomic E-state index is 12.9. The lowest BCUT2D eigenvalue weighted by Gasteiger charge is -2.23. The van der Waals surface area contributed by atoms with E-state index in [1.54, 1.807) is 0 Å². The molecule has 2 aromatic carbocycles. The molecule has 2 aromatic heterocycles. The molecule has 1 amide bonds. The highest BCUT2D eigenvalue weighted by Crippen LogP contribution is 2.32. The van der Waals surface area contributed by atoms with Crippen molar-refractivity contribution in [2.75, 3.05) is 11.9 Å². The molecule has 0 aliphatic carbocycles. The molecular formula is C29H31N5O2. The number of ether oxygens (including phenoxy) is 1. The minimum atomic E-state index is -0.391. The number of carbonyl (C=O) groups is 1. The zero-order chi connectivity index (χ0) is 26.2. The van der Waals surface area contributed by atoms with Gasteiger partial charge >= 0.3 is 0 Å². The van der Waals surface area contributed by atoms with E-state index < -0.39 is 5.91 Å². The number of pyridine rings is 1. The van der Waals surface area contributed by atoms with Crippen molar-refractivity contribution in [3.05, 3.63) is 76.0 Å². The molecule has 0 spiro atoms. The van der Waals surface area contributed by atoms with Crippen LogP contribution in [0.5, 0.6) is 5.75 Å². The van der Waals surface area contributed by atoms with Crippen molar-refractivity contribution in [2.24, 2.45) is 0 Å². The number of hydrogen-bond donors (Lipinski definition) is 1. The summed E-state index contributed by atoms with van der Waals surface area (Å²) in [5.41, 5.74) is 6.37. The highest BCUT2D eigenvalue weighted by molar-refractivity contribution is 5.93. The lowest BCUT2D eigenvalue weighted by molar-refractivity contribution is -0.118. The number of nitrogens with zero attached hydrogens (tertiary/aromatic N) is 4. The van der Waals surface area contributed by atoms with Crippen molar-refractivity contribution < 1.29 is 9.53 Å². The van der Waals surface area contributed by atoms with Crippen LogP contribution in [0, 0.1) is 39.0 Å². The summed E-state index contributed by atoms with van der Waals surface area (Å²) in [6.07, 6.45) is 1.43. The van der Waals surface area contributed by atoms with E-state index in [0.29, 0.717) is 11.6 Å². The van der Waals surface area contributed by atoms with Crippen LogP contribution >= 0.6 is 0 Å². The second-order valence-corrected chi connectivity index (χ2v) is 10.3. The molecule has 36 heavy (non-hydrogen) atoms. The Morgan fingerprint density at radius 1 is 1.06 bits per heavy atom. The van der Waals surface area contributed by atoms with Gasteiger partial charge in [0, 0.05) is 5.39 Å². The largest absolute Gasteiger partial charge is 0.483 e. The van der Waals surface area contributed by atoms with Crippen molar-refractivity contribution in [3.8, 4) is 17.6 Å². The number of aromatic nitrogens is 3. The highest BCUT2D eigenvalue weighted by Gasteiger charge is 2.21. The van der Waals surface area contributed by atoms with E-state index in [4.69, 9.17) is 9.72 Å². The van der Waals surface area contributed by atoms with Crippen LogP contribution in [0.4, 0.5) is 5.82 Å². The number of anilines is 1. The van der Waals surface area contributed by atoms with Gasteiger partial charge in [-0.2, -0.15) is 15.0 Å². The number of aryl methyl sites for hydroxylation is 4. The summed E-state index contributed by atoms with van der Waals surface area (Å²) in [6, 6.07) is 14.1. The monoisotopic (exact) mass is 481 g/mol. The average molecular weight is 482 g/mol. The van der Waals surface area contributed by atoms with E-state index in [1.807, 2.05) is 39.0 Å². The summed E-state index contributed by atoms with van der Waals surface area (Å²) in [6.45, 7) is 14.2. The Balaban J connectivity index is 1.63. The van der Waals surface area contributed by atoms with Crippen LogP contribution in [-0.2, 0) is 10.2 Å². The van der Waals surface area contributed by atoms with Crippen molar-refractivity contribution in [2.45, 2.75) is 53.9 Å². The molecule has 7 nitrogen and oxygen atoms in total. The van der Waals surface area contributed by atoms with Crippen LogP contribution in [0.15, 0.2) is 42.6 Å². The molecule has 0 fully saturated rings. The number of carbonyl (C=O) groups excluding carboxylic acids is 1. The fourth-order valence-electron chi connectivity index (χ4n) is 4.33. The van der Waals surface area contributed by atoms with Crippen LogP contribution < -0.4 is 10.1 Å². The quantitative estimate of drug-likeness (QED) is 0.386. The Morgan fingerprint density at radius 2 is 1.81 bits per heavy atom. The van der Waals surface area contributed by atoms with Gasteiger partial charge in [0.1, 0.15) is 17.4 Å². The van der Waals surface area contributed by atoms with Crippen molar-refractivity contribution in [1.29, 1.82) is 5.26 Å².